The van der Waals surface area contributed by atoms with E-state index in [4.69, 9.17) is 32.7 Å². The second-order valence-electron chi connectivity index (χ2n) is 7.74. The average Bonchev–Trinajstić information content (AvgIpc) is 3.24. The number of nitrogens with one attached hydrogen (secondary N) is 1. The molecule has 1 heterocycles. The fraction of sp³-hybridized carbons (Fsp3) is 0.154. The van der Waals surface area contributed by atoms with Crippen molar-refractivity contribution in [3.05, 3.63) is 76.3 Å². The highest BCUT2D eigenvalue weighted by Crippen LogP contribution is 2.32. The van der Waals surface area contributed by atoms with Crippen LogP contribution >= 0.6 is 23.2 Å². The van der Waals surface area contributed by atoms with Crippen LogP contribution in [0.15, 0.2) is 65.8 Å². The molecule has 190 valence electrons. The summed E-state index contributed by atoms with van der Waals surface area (Å²) in [6.07, 6.45) is 1.47. The summed E-state index contributed by atoms with van der Waals surface area (Å²) in [4.78, 5) is 28.8. The van der Waals surface area contributed by atoms with E-state index in [9.17, 15) is 9.59 Å². The van der Waals surface area contributed by atoms with Crippen LogP contribution in [0.5, 0.6) is 11.5 Å². The summed E-state index contributed by atoms with van der Waals surface area (Å²) in [6, 6.07) is 17.6. The van der Waals surface area contributed by atoms with Crippen molar-refractivity contribution in [1.29, 1.82) is 0 Å². The molecule has 11 heteroatoms. The number of rotatable bonds is 9. The van der Waals surface area contributed by atoms with Crippen LogP contribution in [-0.4, -0.2) is 48.5 Å². The number of nitrogens with zero attached hydrogens (tertiary/aromatic N) is 3. The lowest BCUT2D eigenvalue weighted by molar-refractivity contribution is -0.142. The Hall–Kier alpha value is -4.08. The highest BCUT2D eigenvalue weighted by atomic mass is 35.5. The van der Waals surface area contributed by atoms with Gasteiger partial charge in [0.1, 0.15) is 23.9 Å². The molecule has 0 aliphatic heterocycles. The first kappa shape index (κ1) is 26.0. The number of hydrogen-bond acceptors (Lipinski definition) is 7. The van der Waals surface area contributed by atoms with E-state index in [0.717, 1.165) is 5.56 Å². The van der Waals surface area contributed by atoms with Crippen LogP contribution in [0.25, 0.3) is 22.4 Å². The van der Waals surface area contributed by atoms with Gasteiger partial charge in [0.2, 0.25) is 0 Å². The van der Waals surface area contributed by atoms with Gasteiger partial charge in [0.05, 0.1) is 41.5 Å². The minimum absolute atomic E-state index is 0.0740. The minimum atomic E-state index is -0.490. The predicted molar refractivity (Wildman–Crippen MR) is 141 cm³/mol. The van der Waals surface area contributed by atoms with E-state index < -0.39 is 5.97 Å². The van der Waals surface area contributed by atoms with E-state index >= 15 is 0 Å². The van der Waals surface area contributed by atoms with Crippen molar-refractivity contribution < 1.29 is 23.8 Å². The number of hydrazone groups is 1. The summed E-state index contributed by atoms with van der Waals surface area (Å²) in [7, 11) is 2.87. The van der Waals surface area contributed by atoms with E-state index in [2.05, 4.69) is 20.2 Å². The molecule has 0 aliphatic rings. The number of carbonyl (C=O) groups excluding carboxylic acids is 2. The van der Waals surface area contributed by atoms with Gasteiger partial charge < -0.3 is 18.8 Å². The van der Waals surface area contributed by atoms with Crippen LogP contribution in [0.2, 0.25) is 10.0 Å². The molecule has 0 saturated heterocycles. The number of amides is 1. The van der Waals surface area contributed by atoms with E-state index in [1.807, 2.05) is 24.3 Å². The summed E-state index contributed by atoms with van der Waals surface area (Å²) in [5, 5.41) is 4.76. The summed E-state index contributed by atoms with van der Waals surface area (Å²) in [6.45, 7) is -0.284. The van der Waals surface area contributed by atoms with Crippen molar-refractivity contribution in [3.8, 4) is 22.9 Å². The monoisotopic (exact) mass is 540 g/mol. The second kappa shape index (κ2) is 11.8. The molecule has 0 bridgehead atoms. The molecule has 3 aromatic carbocycles. The first-order valence-corrected chi connectivity index (χ1v) is 11.7. The number of benzene rings is 3. The molecule has 1 N–H and O–H groups in total. The standard InChI is InChI=1S/C26H22Cl2N4O5/c1-35-18-8-6-17(7-9-18)26-30-22-11-20(27)21(28)12-23(22)32(26)14-24(33)31-29-13-16-4-3-5-19(10-16)37-15-25(34)36-2/h3-13H,14-15H2,1-2H3,(H,31,33). The SMILES string of the molecule is COC(=O)COc1cccc(C=NNC(=O)Cn2c(-c3ccc(OC)cc3)nc3cc(Cl)c(Cl)cc32)c1. The zero-order valence-electron chi connectivity index (χ0n) is 19.9. The number of hydrogen-bond donors (Lipinski definition) is 1. The fourth-order valence-corrected chi connectivity index (χ4v) is 3.80. The molecule has 0 radical (unpaired) electrons. The third-order valence-corrected chi connectivity index (χ3v) is 6.01. The van der Waals surface area contributed by atoms with Crippen molar-refractivity contribution in [3.63, 3.8) is 0 Å². The van der Waals surface area contributed by atoms with Gasteiger partial charge in [-0.3, -0.25) is 4.79 Å². The number of imidazole rings is 1. The van der Waals surface area contributed by atoms with Gasteiger partial charge in [-0.2, -0.15) is 5.10 Å². The Morgan fingerprint density at radius 3 is 2.51 bits per heavy atom. The zero-order valence-corrected chi connectivity index (χ0v) is 21.4. The Morgan fingerprint density at radius 1 is 1.03 bits per heavy atom. The third kappa shape index (κ3) is 6.38. The maximum absolute atomic E-state index is 12.8. The third-order valence-electron chi connectivity index (χ3n) is 5.29. The van der Waals surface area contributed by atoms with Crippen LogP contribution in [-0.2, 0) is 20.9 Å². The molecule has 0 fully saturated rings. The number of methoxy groups -OCH3 is 2. The van der Waals surface area contributed by atoms with Gasteiger partial charge in [-0.15, -0.1) is 0 Å². The maximum atomic E-state index is 12.8. The Bertz CT molecular complexity index is 1470. The van der Waals surface area contributed by atoms with Gasteiger partial charge in [0, 0.05) is 5.56 Å². The number of fused-ring (bicyclic) bond motifs is 1. The van der Waals surface area contributed by atoms with Crippen molar-refractivity contribution >= 4 is 52.3 Å². The van der Waals surface area contributed by atoms with Crippen LogP contribution in [0.4, 0.5) is 0 Å². The fourth-order valence-electron chi connectivity index (χ4n) is 3.48. The maximum Gasteiger partial charge on any atom is 0.343 e. The summed E-state index contributed by atoms with van der Waals surface area (Å²) >= 11 is 12.4. The lowest BCUT2D eigenvalue weighted by Gasteiger charge is -2.09. The molecule has 4 rings (SSSR count). The summed E-state index contributed by atoms with van der Waals surface area (Å²) in [5.41, 5.74) is 5.21. The van der Waals surface area contributed by atoms with Crippen LogP contribution in [0.3, 0.4) is 0 Å². The van der Waals surface area contributed by atoms with E-state index in [-0.39, 0.29) is 19.1 Å². The Labute approximate surface area is 222 Å². The largest absolute Gasteiger partial charge is 0.497 e. The molecular formula is C26H22Cl2N4O5. The van der Waals surface area contributed by atoms with Crippen molar-refractivity contribution in [2.45, 2.75) is 6.54 Å². The zero-order chi connectivity index (χ0) is 26.4. The summed E-state index contributed by atoms with van der Waals surface area (Å²) < 4.78 is 16.9. The molecule has 1 amide bonds. The molecule has 0 spiro atoms. The quantitative estimate of drug-likeness (QED) is 0.187. The van der Waals surface area contributed by atoms with Gasteiger partial charge in [-0.1, -0.05) is 35.3 Å². The van der Waals surface area contributed by atoms with E-state index in [0.29, 0.717) is 44.0 Å². The van der Waals surface area contributed by atoms with Crippen molar-refractivity contribution in [2.75, 3.05) is 20.8 Å². The molecule has 4 aromatic rings. The molecule has 0 unspecified atom stereocenters. The lowest BCUT2D eigenvalue weighted by Crippen LogP contribution is -2.23. The molecular weight excluding hydrogens is 519 g/mol. The molecule has 1 aromatic heterocycles. The van der Waals surface area contributed by atoms with Gasteiger partial charge in [0.15, 0.2) is 6.61 Å². The Balaban J connectivity index is 1.53. The first-order chi connectivity index (χ1) is 17.9. The number of carbonyl (C=O) groups is 2. The number of ether oxygens (including phenoxy) is 3. The molecule has 0 aliphatic carbocycles. The van der Waals surface area contributed by atoms with Crippen LogP contribution < -0.4 is 14.9 Å². The van der Waals surface area contributed by atoms with E-state index in [1.165, 1.54) is 13.3 Å². The number of esters is 1. The highest BCUT2D eigenvalue weighted by molar-refractivity contribution is 6.42. The minimum Gasteiger partial charge on any atom is -0.497 e. The molecule has 0 atom stereocenters. The lowest BCUT2D eigenvalue weighted by atomic mass is 10.2. The first-order valence-electron chi connectivity index (χ1n) is 11.0. The van der Waals surface area contributed by atoms with Gasteiger partial charge in [0.25, 0.3) is 5.91 Å². The van der Waals surface area contributed by atoms with E-state index in [1.54, 1.807) is 48.1 Å². The smallest absolute Gasteiger partial charge is 0.343 e. The van der Waals surface area contributed by atoms with Crippen molar-refractivity contribution in [2.24, 2.45) is 5.10 Å². The normalized spacial score (nSPS) is 11.0. The molecule has 37 heavy (non-hydrogen) atoms. The molecule has 0 saturated carbocycles. The van der Waals surface area contributed by atoms with Crippen molar-refractivity contribution in [1.82, 2.24) is 15.0 Å². The highest BCUT2D eigenvalue weighted by Gasteiger charge is 2.17. The molecule has 9 nitrogen and oxygen atoms in total. The predicted octanol–water partition coefficient (Wildman–Crippen LogP) is 4.72. The average molecular weight is 541 g/mol. The van der Waals surface area contributed by atoms with Crippen LogP contribution in [0.1, 0.15) is 5.56 Å². The second-order valence-corrected chi connectivity index (χ2v) is 8.55. The van der Waals surface area contributed by atoms with Gasteiger partial charge in [-0.25, -0.2) is 15.2 Å². The Kier molecular flexibility index (Phi) is 8.27. The van der Waals surface area contributed by atoms with Gasteiger partial charge in [-0.05, 0) is 54.1 Å². The summed E-state index contributed by atoms with van der Waals surface area (Å²) in [5.74, 6) is 0.852. The van der Waals surface area contributed by atoms with Crippen LogP contribution in [0, 0.1) is 0 Å². The number of aromatic nitrogens is 2. The Morgan fingerprint density at radius 2 is 1.78 bits per heavy atom. The number of halogens is 2. The van der Waals surface area contributed by atoms with Gasteiger partial charge >= 0.3 is 5.97 Å². The topological polar surface area (TPSA) is 104 Å².